The molecule has 26 heavy (non-hydrogen) atoms. The quantitative estimate of drug-likeness (QED) is 0.815. The molecule has 1 aromatic heterocycles. The van der Waals surface area contributed by atoms with Gasteiger partial charge in [0.15, 0.2) is 0 Å². The van der Waals surface area contributed by atoms with E-state index in [-0.39, 0.29) is 6.03 Å². The Bertz CT molecular complexity index is 731. The molecule has 5 nitrogen and oxygen atoms in total. The third kappa shape index (κ3) is 5.45. The first kappa shape index (κ1) is 19.2. The lowest BCUT2D eigenvalue weighted by Gasteiger charge is -2.27. The normalized spacial score (nSPS) is 15.0. The zero-order valence-electron chi connectivity index (χ0n) is 14.9. The molecule has 2 aromatic rings. The second kappa shape index (κ2) is 9.37. The Hall–Kier alpha value is -1.60. The highest BCUT2D eigenvalue weighted by Crippen LogP contribution is 2.22. The minimum absolute atomic E-state index is 0.0873. The predicted octanol–water partition coefficient (Wildman–Crippen LogP) is 3.58. The van der Waals surface area contributed by atoms with Crippen LogP contribution in [0.1, 0.15) is 16.0 Å². The number of benzene rings is 1. The van der Waals surface area contributed by atoms with E-state index in [9.17, 15) is 4.79 Å². The third-order valence-electron chi connectivity index (χ3n) is 4.41. The molecule has 0 saturated carbocycles. The number of halogens is 1. The zero-order valence-corrected chi connectivity index (χ0v) is 16.5. The lowest BCUT2D eigenvalue weighted by atomic mass is 10.1. The molecule has 1 N–H and O–H groups in total. The summed E-state index contributed by atoms with van der Waals surface area (Å²) in [6.07, 6.45) is 0. The third-order valence-corrected chi connectivity index (χ3v) is 5.63. The van der Waals surface area contributed by atoms with Crippen molar-refractivity contribution in [2.75, 3.05) is 33.4 Å². The van der Waals surface area contributed by atoms with Gasteiger partial charge in [-0.2, -0.15) is 0 Å². The second-order valence-electron chi connectivity index (χ2n) is 6.38. The van der Waals surface area contributed by atoms with Crippen molar-refractivity contribution in [1.82, 2.24) is 15.1 Å². The molecular weight excluding hydrogens is 370 g/mol. The summed E-state index contributed by atoms with van der Waals surface area (Å²) in [5.74, 6) is 0. The fourth-order valence-electron chi connectivity index (χ4n) is 2.93. The van der Waals surface area contributed by atoms with Crippen LogP contribution >= 0.6 is 22.9 Å². The molecule has 1 fully saturated rings. The van der Waals surface area contributed by atoms with Gasteiger partial charge in [0.2, 0.25) is 0 Å². The van der Waals surface area contributed by atoms with Crippen LogP contribution in [0.5, 0.6) is 0 Å². The van der Waals surface area contributed by atoms with Crippen LogP contribution in [-0.4, -0.2) is 49.2 Å². The maximum Gasteiger partial charge on any atom is 0.317 e. The van der Waals surface area contributed by atoms with Crippen molar-refractivity contribution in [2.24, 2.45) is 0 Å². The number of rotatable bonds is 6. The molecule has 0 bridgehead atoms. The minimum atomic E-state index is -0.0873. The molecular formula is C19H24ClN3O2S. The van der Waals surface area contributed by atoms with Gasteiger partial charge in [-0.3, -0.25) is 4.90 Å². The van der Waals surface area contributed by atoms with Gasteiger partial charge >= 0.3 is 6.03 Å². The summed E-state index contributed by atoms with van der Waals surface area (Å²) in [4.78, 5) is 17.5. The molecule has 2 amide bonds. The van der Waals surface area contributed by atoms with Crippen LogP contribution in [0.4, 0.5) is 4.79 Å². The number of thiophene rings is 1. The van der Waals surface area contributed by atoms with Gasteiger partial charge < -0.3 is 15.0 Å². The minimum Gasteiger partial charge on any atom is -0.379 e. The van der Waals surface area contributed by atoms with Crippen LogP contribution in [0.15, 0.2) is 36.4 Å². The van der Waals surface area contributed by atoms with Crippen molar-refractivity contribution >= 4 is 29.0 Å². The number of carbonyl (C=O) groups is 1. The van der Waals surface area contributed by atoms with E-state index >= 15 is 0 Å². The molecule has 1 saturated heterocycles. The van der Waals surface area contributed by atoms with Gasteiger partial charge in [0.25, 0.3) is 0 Å². The predicted molar refractivity (Wildman–Crippen MR) is 106 cm³/mol. The number of urea groups is 1. The molecule has 7 heteroatoms. The molecule has 3 rings (SSSR count). The first-order valence-corrected chi connectivity index (χ1v) is 9.91. The van der Waals surface area contributed by atoms with E-state index in [1.807, 2.05) is 24.3 Å². The number of carbonyl (C=O) groups excluding carboxylic acids is 1. The van der Waals surface area contributed by atoms with Crippen LogP contribution in [-0.2, 0) is 24.4 Å². The van der Waals surface area contributed by atoms with E-state index < -0.39 is 0 Å². The van der Waals surface area contributed by atoms with E-state index in [4.69, 9.17) is 16.3 Å². The highest BCUT2D eigenvalue weighted by Gasteiger charge is 2.14. The van der Waals surface area contributed by atoms with Crippen LogP contribution in [0.25, 0.3) is 0 Å². The molecule has 1 aliphatic rings. The van der Waals surface area contributed by atoms with E-state index in [1.165, 1.54) is 16.9 Å². The Morgan fingerprint density at radius 2 is 1.96 bits per heavy atom. The number of hydrogen-bond donors (Lipinski definition) is 1. The summed E-state index contributed by atoms with van der Waals surface area (Å²) in [5, 5.41) is 3.02. The molecule has 2 heterocycles. The van der Waals surface area contributed by atoms with Crippen molar-refractivity contribution in [3.8, 4) is 0 Å². The average Bonchev–Trinajstić information content (AvgIpc) is 3.06. The standard InChI is InChI=1S/C19H24ClN3O2S/c1-22(14-17-6-7-18(20)26-17)19(24)21-12-15-4-2-3-5-16(15)13-23-8-10-25-11-9-23/h2-7H,8-14H2,1H3,(H,21,24). The summed E-state index contributed by atoms with van der Waals surface area (Å²) in [6.45, 7) is 5.44. The second-order valence-corrected chi connectivity index (χ2v) is 8.18. The fraction of sp³-hybridized carbons (Fsp3) is 0.421. The average molecular weight is 394 g/mol. The number of nitrogens with one attached hydrogen (secondary N) is 1. The van der Waals surface area contributed by atoms with E-state index in [0.29, 0.717) is 13.1 Å². The van der Waals surface area contributed by atoms with Gasteiger partial charge in [-0.15, -0.1) is 11.3 Å². The number of nitrogens with zero attached hydrogens (tertiary/aromatic N) is 2. The first-order valence-electron chi connectivity index (χ1n) is 8.72. The van der Waals surface area contributed by atoms with E-state index in [0.717, 1.165) is 47.6 Å². The smallest absolute Gasteiger partial charge is 0.317 e. The van der Waals surface area contributed by atoms with Gasteiger partial charge in [-0.1, -0.05) is 35.9 Å². The molecule has 0 unspecified atom stereocenters. The fourth-order valence-corrected chi connectivity index (χ4v) is 4.07. The van der Waals surface area contributed by atoms with Crippen molar-refractivity contribution in [3.63, 3.8) is 0 Å². The van der Waals surface area contributed by atoms with Gasteiger partial charge in [-0.05, 0) is 23.3 Å². The zero-order chi connectivity index (χ0) is 18.4. The lowest BCUT2D eigenvalue weighted by molar-refractivity contribution is 0.0341. The number of morpholine rings is 1. The summed E-state index contributed by atoms with van der Waals surface area (Å²) in [7, 11) is 1.79. The SMILES string of the molecule is CN(Cc1ccc(Cl)s1)C(=O)NCc1ccccc1CN1CCOCC1. The molecule has 0 atom stereocenters. The van der Waals surface area contributed by atoms with Crippen LogP contribution in [0.2, 0.25) is 4.34 Å². The Morgan fingerprint density at radius 1 is 1.23 bits per heavy atom. The number of hydrogen-bond acceptors (Lipinski definition) is 4. The Labute approximate surface area is 163 Å². The monoisotopic (exact) mass is 393 g/mol. The Kier molecular flexibility index (Phi) is 6.91. The lowest BCUT2D eigenvalue weighted by Crippen LogP contribution is -2.37. The summed E-state index contributed by atoms with van der Waals surface area (Å²) < 4.78 is 6.15. The van der Waals surface area contributed by atoms with Crippen LogP contribution in [0.3, 0.4) is 0 Å². The van der Waals surface area contributed by atoms with Crippen molar-refractivity contribution < 1.29 is 9.53 Å². The first-order chi connectivity index (χ1) is 12.6. The highest BCUT2D eigenvalue weighted by molar-refractivity contribution is 7.16. The maximum atomic E-state index is 12.4. The van der Waals surface area contributed by atoms with E-state index in [2.05, 4.69) is 22.3 Å². The Morgan fingerprint density at radius 3 is 2.65 bits per heavy atom. The van der Waals surface area contributed by atoms with Crippen LogP contribution < -0.4 is 5.32 Å². The molecule has 0 spiro atoms. The molecule has 140 valence electrons. The Balaban J connectivity index is 1.54. The summed E-state index contributed by atoms with van der Waals surface area (Å²) in [6, 6.07) is 12.0. The summed E-state index contributed by atoms with van der Waals surface area (Å²) in [5.41, 5.74) is 2.40. The van der Waals surface area contributed by atoms with Crippen LogP contribution in [0, 0.1) is 0 Å². The van der Waals surface area contributed by atoms with Crippen molar-refractivity contribution in [3.05, 3.63) is 56.7 Å². The van der Waals surface area contributed by atoms with Gasteiger partial charge in [0.05, 0.1) is 24.1 Å². The molecule has 1 aromatic carbocycles. The number of ether oxygens (including phenoxy) is 1. The van der Waals surface area contributed by atoms with Gasteiger partial charge in [-0.25, -0.2) is 4.79 Å². The van der Waals surface area contributed by atoms with E-state index in [1.54, 1.807) is 11.9 Å². The molecule has 0 aliphatic carbocycles. The van der Waals surface area contributed by atoms with Crippen molar-refractivity contribution in [2.45, 2.75) is 19.6 Å². The number of amides is 2. The molecule has 0 radical (unpaired) electrons. The summed E-state index contributed by atoms with van der Waals surface area (Å²) >= 11 is 7.45. The topological polar surface area (TPSA) is 44.8 Å². The van der Waals surface area contributed by atoms with Crippen molar-refractivity contribution in [1.29, 1.82) is 0 Å². The largest absolute Gasteiger partial charge is 0.379 e. The highest BCUT2D eigenvalue weighted by atomic mass is 35.5. The van der Waals surface area contributed by atoms with Gasteiger partial charge in [0.1, 0.15) is 0 Å². The maximum absolute atomic E-state index is 12.4. The van der Waals surface area contributed by atoms with Gasteiger partial charge in [0, 0.05) is 38.1 Å². The molecule has 1 aliphatic heterocycles.